The summed E-state index contributed by atoms with van der Waals surface area (Å²) in [7, 11) is 1.81. The topological polar surface area (TPSA) is 40.5 Å². The van der Waals surface area contributed by atoms with Crippen LogP contribution in [0.4, 0.5) is 0 Å². The van der Waals surface area contributed by atoms with Crippen molar-refractivity contribution in [1.82, 2.24) is 4.90 Å². The third-order valence-corrected chi connectivity index (χ3v) is 4.98. The number of likely N-dealkylation sites (N-methyl/N-ethyl adjacent to an activating group) is 1. The molecule has 22 heavy (non-hydrogen) atoms. The Bertz CT molecular complexity index is 627. The Morgan fingerprint density at radius 1 is 1.32 bits per heavy atom. The molecule has 0 atom stereocenters. The van der Waals surface area contributed by atoms with E-state index in [4.69, 9.17) is 0 Å². The van der Waals surface area contributed by atoms with Crippen molar-refractivity contribution in [3.63, 3.8) is 0 Å². The molecular weight excluding hydrogens is 294 g/mol. The molecule has 1 aromatic carbocycles. The molecule has 1 aliphatic rings. The van der Waals surface area contributed by atoms with Crippen molar-refractivity contribution in [3.05, 3.63) is 33.7 Å². The number of amides is 1. The van der Waals surface area contributed by atoms with Crippen molar-refractivity contribution in [3.8, 4) is 5.75 Å². The molecule has 4 heteroatoms. The molecule has 0 bridgehead atoms. The highest BCUT2D eigenvalue weighted by atomic mass is 32.2. The van der Waals surface area contributed by atoms with Gasteiger partial charge in [-0.2, -0.15) is 0 Å². The second-order valence-electron chi connectivity index (χ2n) is 7.20. The Kier molecular flexibility index (Phi) is 4.62. The molecular formula is C18H25NO2S. The van der Waals surface area contributed by atoms with Crippen LogP contribution in [0.15, 0.2) is 17.0 Å². The molecule has 2 rings (SSSR count). The van der Waals surface area contributed by atoms with E-state index in [2.05, 4.69) is 34.6 Å². The van der Waals surface area contributed by atoms with Crippen LogP contribution in [-0.4, -0.2) is 28.8 Å². The molecule has 0 unspecified atom stereocenters. The second kappa shape index (κ2) is 5.99. The number of carbonyl (C=O) groups is 1. The Morgan fingerprint density at radius 2 is 1.95 bits per heavy atom. The summed E-state index contributed by atoms with van der Waals surface area (Å²) >= 11 is 1.56. The molecule has 0 radical (unpaired) electrons. The van der Waals surface area contributed by atoms with Gasteiger partial charge in [0.2, 0.25) is 0 Å². The maximum Gasteiger partial charge on any atom is 0.260 e. The van der Waals surface area contributed by atoms with E-state index in [9.17, 15) is 9.90 Å². The molecule has 0 saturated carbocycles. The molecule has 120 valence electrons. The van der Waals surface area contributed by atoms with Crippen molar-refractivity contribution in [2.45, 2.75) is 46.0 Å². The lowest BCUT2D eigenvalue weighted by Crippen LogP contribution is -2.18. The van der Waals surface area contributed by atoms with Gasteiger partial charge in [0.05, 0.1) is 10.8 Å². The Hall–Kier alpha value is -1.42. The van der Waals surface area contributed by atoms with E-state index >= 15 is 0 Å². The van der Waals surface area contributed by atoms with E-state index in [1.54, 1.807) is 16.7 Å². The van der Waals surface area contributed by atoms with E-state index in [1.807, 2.05) is 25.3 Å². The molecule has 1 aliphatic heterocycles. The number of hydrogen-bond donors (Lipinski definition) is 1. The zero-order chi connectivity index (χ0) is 16.7. The molecule has 1 saturated heterocycles. The van der Waals surface area contributed by atoms with Gasteiger partial charge in [-0.25, -0.2) is 0 Å². The highest BCUT2D eigenvalue weighted by molar-refractivity contribution is 8.04. The SMILES string of the molecule is CC(C)c1cc(/C=C2\SCN(C)C2=O)cc(C(C)(C)C)c1O. The fourth-order valence-electron chi connectivity index (χ4n) is 2.50. The van der Waals surface area contributed by atoms with Crippen molar-refractivity contribution < 1.29 is 9.90 Å². The first-order valence-electron chi connectivity index (χ1n) is 7.58. The van der Waals surface area contributed by atoms with Gasteiger partial charge in [-0.05, 0) is 40.7 Å². The number of phenolic OH excluding ortho intramolecular Hbond substituents is 1. The van der Waals surface area contributed by atoms with Crippen LogP contribution in [0.25, 0.3) is 6.08 Å². The van der Waals surface area contributed by atoms with Gasteiger partial charge in [0, 0.05) is 12.6 Å². The third kappa shape index (κ3) is 3.32. The van der Waals surface area contributed by atoms with Gasteiger partial charge in [-0.1, -0.05) is 46.4 Å². The highest BCUT2D eigenvalue weighted by Gasteiger charge is 2.25. The number of aromatic hydroxyl groups is 1. The Morgan fingerprint density at radius 3 is 2.41 bits per heavy atom. The zero-order valence-electron chi connectivity index (χ0n) is 14.2. The van der Waals surface area contributed by atoms with Gasteiger partial charge in [0.25, 0.3) is 5.91 Å². The summed E-state index contributed by atoms with van der Waals surface area (Å²) in [6, 6.07) is 3.99. The van der Waals surface area contributed by atoms with E-state index in [1.165, 1.54) is 0 Å². The minimum absolute atomic E-state index is 0.0708. The standard InChI is InChI=1S/C18H25NO2S/c1-11(2)13-7-12(8-14(16(13)20)18(3,4)5)9-15-17(21)19(6)10-22-15/h7-9,11,20H,10H2,1-6H3/b15-9-. The van der Waals surface area contributed by atoms with Crippen molar-refractivity contribution in [2.24, 2.45) is 0 Å². The van der Waals surface area contributed by atoms with Gasteiger partial charge in [-0.3, -0.25) is 4.79 Å². The lowest BCUT2D eigenvalue weighted by Gasteiger charge is -2.24. The largest absolute Gasteiger partial charge is 0.507 e. The predicted octanol–water partition coefficient (Wildman–Crippen LogP) is 4.32. The van der Waals surface area contributed by atoms with Crippen molar-refractivity contribution in [2.75, 3.05) is 12.9 Å². The predicted molar refractivity (Wildman–Crippen MR) is 94.1 cm³/mol. The smallest absolute Gasteiger partial charge is 0.260 e. The first-order chi connectivity index (χ1) is 10.1. The van der Waals surface area contributed by atoms with Gasteiger partial charge in [0.1, 0.15) is 5.75 Å². The average Bonchev–Trinajstić information content (AvgIpc) is 2.71. The van der Waals surface area contributed by atoms with Crippen LogP contribution in [0.1, 0.15) is 57.2 Å². The quantitative estimate of drug-likeness (QED) is 0.826. The number of rotatable bonds is 2. The first-order valence-corrected chi connectivity index (χ1v) is 8.57. The molecule has 0 aromatic heterocycles. The Balaban J connectivity index is 2.56. The lowest BCUT2D eigenvalue weighted by molar-refractivity contribution is -0.123. The minimum Gasteiger partial charge on any atom is -0.507 e. The fourth-order valence-corrected chi connectivity index (χ4v) is 3.45. The number of thioether (sulfide) groups is 1. The second-order valence-corrected chi connectivity index (χ2v) is 8.18. The van der Waals surface area contributed by atoms with Gasteiger partial charge in [0.15, 0.2) is 0 Å². The summed E-state index contributed by atoms with van der Waals surface area (Å²) in [5.74, 6) is 1.38. The van der Waals surface area contributed by atoms with Crippen LogP contribution in [-0.2, 0) is 10.2 Å². The van der Waals surface area contributed by atoms with Crippen LogP contribution in [0.5, 0.6) is 5.75 Å². The van der Waals surface area contributed by atoms with Crippen LogP contribution >= 0.6 is 11.8 Å². The summed E-state index contributed by atoms with van der Waals surface area (Å²) < 4.78 is 0. The molecule has 1 N–H and O–H groups in total. The van der Waals surface area contributed by atoms with Gasteiger partial charge in [-0.15, -0.1) is 0 Å². The van der Waals surface area contributed by atoms with Crippen LogP contribution in [0.2, 0.25) is 0 Å². The summed E-state index contributed by atoms with van der Waals surface area (Å²) in [5.41, 5.74) is 2.70. The average molecular weight is 319 g/mol. The zero-order valence-corrected chi connectivity index (χ0v) is 15.0. The number of hydrogen-bond acceptors (Lipinski definition) is 3. The molecule has 3 nitrogen and oxygen atoms in total. The normalized spacial score (nSPS) is 17.9. The number of benzene rings is 1. The number of carbonyl (C=O) groups excluding carboxylic acids is 1. The third-order valence-electron chi connectivity index (χ3n) is 3.86. The lowest BCUT2D eigenvalue weighted by atomic mass is 9.82. The summed E-state index contributed by atoms with van der Waals surface area (Å²) in [6.45, 7) is 10.4. The van der Waals surface area contributed by atoms with Gasteiger partial charge >= 0.3 is 0 Å². The van der Waals surface area contributed by atoms with Crippen LogP contribution in [0.3, 0.4) is 0 Å². The van der Waals surface area contributed by atoms with E-state index in [-0.39, 0.29) is 17.2 Å². The molecule has 1 aromatic rings. The summed E-state index contributed by atoms with van der Waals surface area (Å²) in [6.07, 6.45) is 1.94. The van der Waals surface area contributed by atoms with Gasteiger partial charge < -0.3 is 10.0 Å². The maximum absolute atomic E-state index is 12.1. The number of nitrogens with zero attached hydrogens (tertiary/aromatic N) is 1. The molecule has 0 aliphatic carbocycles. The molecule has 1 fully saturated rings. The number of phenols is 1. The van der Waals surface area contributed by atoms with Crippen molar-refractivity contribution in [1.29, 1.82) is 0 Å². The van der Waals surface area contributed by atoms with E-state index in [0.717, 1.165) is 21.6 Å². The van der Waals surface area contributed by atoms with Crippen LogP contribution < -0.4 is 0 Å². The monoisotopic (exact) mass is 319 g/mol. The Labute approximate surface area is 137 Å². The molecule has 0 spiro atoms. The fraction of sp³-hybridized carbons (Fsp3) is 0.500. The summed E-state index contributed by atoms with van der Waals surface area (Å²) in [5, 5.41) is 10.6. The van der Waals surface area contributed by atoms with E-state index < -0.39 is 0 Å². The van der Waals surface area contributed by atoms with Crippen molar-refractivity contribution >= 4 is 23.7 Å². The minimum atomic E-state index is -0.147. The molecule has 1 amide bonds. The molecule has 1 heterocycles. The maximum atomic E-state index is 12.1. The van der Waals surface area contributed by atoms with Crippen LogP contribution in [0, 0.1) is 0 Å². The first kappa shape index (κ1) is 16.9. The van der Waals surface area contributed by atoms with E-state index in [0.29, 0.717) is 11.6 Å². The summed E-state index contributed by atoms with van der Waals surface area (Å²) in [4.78, 5) is 14.5. The highest BCUT2D eigenvalue weighted by Crippen LogP contribution is 2.39.